The first kappa shape index (κ1) is 12.4. The predicted molar refractivity (Wildman–Crippen MR) is 72.1 cm³/mol. The molecule has 0 aromatic heterocycles. The van der Waals surface area contributed by atoms with E-state index in [0.717, 1.165) is 31.1 Å². The van der Waals surface area contributed by atoms with Crippen LogP contribution in [-0.4, -0.2) is 36.1 Å². The molecule has 2 atom stereocenters. The average molecular weight is 247 g/mol. The Morgan fingerprint density at radius 1 is 1.28 bits per heavy atom. The van der Waals surface area contributed by atoms with Crippen molar-refractivity contribution in [2.75, 3.05) is 13.1 Å². The minimum Gasteiger partial charge on any atom is -0.311 e. The standard InChI is InChI=1S/C15H25N3/c1-2-18(11-15(5-6-15)7-8-16)14-9-12-3-4-13(10-14)17-12/h12-14,17H,2-7,9-11H2,1H3. The van der Waals surface area contributed by atoms with Crippen LogP contribution in [0.1, 0.15) is 51.9 Å². The van der Waals surface area contributed by atoms with E-state index in [1.807, 2.05) is 0 Å². The molecule has 18 heavy (non-hydrogen) atoms. The summed E-state index contributed by atoms with van der Waals surface area (Å²) in [6.07, 6.45) is 8.72. The molecule has 3 aliphatic rings. The van der Waals surface area contributed by atoms with Crippen molar-refractivity contribution in [2.24, 2.45) is 5.41 Å². The summed E-state index contributed by atoms with van der Waals surface area (Å²) in [5.74, 6) is 0. The Labute approximate surface area is 111 Å². The highest BCUT2D eigenvalue weighted by molar-refractivity contribution is 5.03. The van der Waals surface area contributed by atoms with Gasteiger partial charge in [0.2, 0.25) is 0 Å². The van der Waals surface area contributed by atoms with Gasteiger partial charge in [0.1, 0.15) is 0 Å². The Hall–Kier alpha value is -0.590. The topological polar surface area (TPSA) is 39.1 Å². The molecule has 3 rings (SSSR count). The SMILES string of the molecule is CCN(CC1(CC#N)CC1)C1CC2CCC(C1)N2. The van der Waals surface area contributed by atoms with Crippen LogP contribution in [0.2, 0.25) is 0 Å². The highest BCUT2D eigenvalue weighted by Crippen LogP contribution is 2.49. The highest BCUT2D eigenvalue weighted by Gasteiger charge is 2.45. The number of nitrogens with zero attached hydrogens (tertiary/aromatic N) is 2. The van der Waals surface area contributed by atoms with Gasteiger partial charge in [-0.25, -0.2) is 0 Å². The molecule has 1 aliphatic carbocycles. The van der Waals surface area contributed by atoms with E-state index in [1.54, 1.807) is 0 Å². The van der Waals surface area contributed by atoms with E-state index in [1.165, 1.54) is 45.1 Å². The lowest BCUT2D eigenvalue weighted by Gasteiger charge is -2.38. The van der Waals surface area contributed by atoms with Gasteiger partial charge in [-0.1, -0.05) is 6.92 Å². The van der Waals surface area contributed by atoms with E-state index >= 15 is 0 Å². The van der Waals surface area contributed by atoms with Crippen LogP contribution in [0.25, 0.3) is 0 Å². The summed E-state index contributed by atoms with van der Waals surface area (Å²) in [5.41, 5.74) is 0.370. The van der Waals surface area contributed by atoms with Crippen molar-refractivity contribution in [1.82, 2.24) is 10.2 Å². The number of fused-ring (bicyclic) bond motifs is 2. The van der Waals surface area contributed by atoms with Crippen molar-refractivity contribution in [3.05, 3.63) is 0 Å². The molecule has 2 aliphatic heterocycles. The monoisotopic (exact) mass is 247 g/mol. The molecule has 2 bridgehead atoms. The van der Waals surface area contributed by atoms with Crippen LogP contribution >= 0.6 is 0 Å². The molecule has 2 saturated heterocycles. The van der Waals surface area contributed by atoms with E-state index in [0.29, 0.717) is 5.41 Å². The third-order valence-corrected chi connectivity index (χ3v) is 5.32. The fraction of sp³-hybridized carbons (Fsp3) is 0.933. The first-order valence-electron chi connectivity index (χ1n) is 7.62. The highest BCUT2D eigenvalue weighted by atomic mass is 15.2. The lowest BCUT2D eigenvalue weighted by molar-refractivity contribution is 0.122. The second-order valence-electron chi connectivity index (χ2n) is 6.66. The summed E-state index contributed by atoms with van der Waals surface area (Å²) in [6.45, 7) is 4.60. The van der Waals surface area contributed by atoms with Gasteiger partial charge in [-0.15, -0.1) is 0 Å². The Bertz CT molecular complexity index is 330. The maximum atomic E-state index is 8.95. The van der Waals surface area contributed by atoms with Gasteiger partial charge in [0.25, 0.3) is 0 Å². The fourth-order valence-corrected chi connectivity index (χ4v) is 3.99. The number of hydrogen-bond donors (Lipinski definition) is 1. The van der Waals surface area contributed by atoms with Crippen LogP contribution in [0.5, 0.6) is 0 Å². The molecule has 100 valence electrons. The van der Waals surface area contributed by atoms with E-state index in [-0.39, 0.29) is 0 Å². The van der Waals surface area contributed by atoms with Gasteiger partial charge in [-0.3, -0.25) is 4.90 Å². The quantitative estimate of drug-likeness (QED) is 0.810. The van der Waals surface area contributed by atoms with Crippen molar-refractivity contribution in [2.45, 2.75) is 70.0 Å². The molecule has 3 heteroatoms. The predicted octanol–water partition coefficient (Wildman–Crippen LogP) is 2.29. The van der Waals surface area contributed by atoms with Crippen LogP contribution < -0.4 is 5.32 Å². The van der Waals surface area contributed by atoms with Crippen LogP contribution in [0.15, 0.2) is 0 Å². The number of nitrogens with one attached hydrogen (secondary N) is 1. The van der Waals surface area contributed by atoms with Crippen LogP contribution in [0, 0.1) is 16.7 Å². The van der Waals surface area contributed by atoms with Crippen molar-refractivity contribution in [3.8, 4) is 6.07 Å². The van der Waals surface area contributed by atoms with Gasteiger partial charge < -0.3 is 5.32 Å². The fourth-order valence-electron chi connectivity index (χ4n) is 3.99. The molecule has 0 aromatic carbocycles. The molecule has 1 N–H and O–H groups in total. The lowest BCUT2D eigenvalue weighted by Crippen LogP contribution is -2.49. The first-order chi connectivity index (χ1) is 8.74. The van der Waals surface area contributed by atoms with Crippen LogP contribution in [-0.2, 0) is 0 Å². The van der Waals surface area contributed by atoms with Gasteiger partial charge in [0.05, 0.1) is 6.07 Å². The zero-order valence-corrected chi connectivity index (χ0v) is 11.5. The maximum absolute atomic E-state index is 8.95. The maximum Gasteiger partial charge on any atom is 0.0628 e. The van der Waals surface area contributed by atoms with E-state index in [9.17, 15) is 0 Å². The van der Waals surface area contributed by atoms with Crippen molar-refractivity contribution < 1.29 is 0 Å². The normalized spacial score (nSPS) is 36.6. The number of hydrogen-bond acceptors (Lipinski definition) is 3. The molecule has 1 saturated carbocycles. The average Bonchev–Trinajstić information content (AvgIpc) is 3.05. The summed E-state index contributed by atoms with van der Waals surface area (Å²) >= 11 is 0. The van der Waals surface area contributed by atoms with E-state index < -0.39 is 0 Å². The summed E-state index contributed by atoms with van der Waals surface area (Å²) in [5, 5.41) is 12.7. The van der Waals surface area contributed by atoms with Gasteiger partial charge in [0, 0.05) is 31.1 Å². The minimum atomic E-state index is 0.370. The lowest BCUT2D eigenvalue weighted by atomic mass is 9.95. The Morgan fingerprint density at radius 2 is 1.94 bits per heavy atom. The zero-order valence-electron chi connectivity index (χ0n) is 11.5. The third-order valence-electron chi connectivity index (χ3n) is 5.32. The third kappa shape index (κ3) is 2.41. The molecule has 2 heterocycles. The molecule has 0 amide bonds. The molecule has 2 unspecified atom stereocenters. The van der Waals surface area contributed by atoms with Crippen LogP contribution in [0.3, 0.4) is 0 Å². The number of nitriles is 1. The zero-order chi connectivity index (χ0) is 12.6. The number of rotatable bonds is 5. The van der Waals surface area contributed by atoms with E-state index in [4.69, 9.17) is 5.26 Å². The largest absolute Gasteiger partial charge is 0.311 e. The van der Waals surface area contributed by atoms with Crippen molar-refractivity contribution in [3.63, 3.8) is 0 Å². The molecule has 0 aromatic rings. The van der Waals surface area contributed by atoms with E-state index in [2.05, 4.69) is 23.2 Å². The molecule has 0 radical (unpaired) electrons. The van der Waals surface area contributed by atoms with Gasteiger partial charge >= 0.3 is 0 Å². The summed E-state index contributed by atoms with van der Waals surface area (Å²) in [7, 11) is 0. The second-order valence-corrected chi connectivity index (χ2v) is 6.66. The van der Waals surface area contributed by atoms with Gasteiger partial charge in [-0.2, -0.15) is 5.26 Å². The van der Waals surface area contributed by atoms with Crippen molar-refractivity contribution in [1.29, 1.82) is 5.26 Å². The summed E-state index contributed by atoms with van der Waals surface area (Å²) < 4.78 is 0. The molecular weight excluding hydrogens is 222 g/mol. The van der Waals surface area contributed by atoms with Crippen LogP contribution in [0.4, 0.5) is 0 Å². The van der Waals surface area contributed by atoms with Crippen molar-refractivity contribution >= 4 is 0 Å². The second kappa shape index (κ2) is 4.83. The molecule has 3 nitrogen and oxygen atoms in total. The molecular formula is C15H25N3. The smallest absolute Gasteiger partial charge is 0.0628 e. The first-order valence-corrected chi connectivity index (χ1v) is 7.62. The summed E-state index contributed by atoms with van der Waals surface area (Å²) in [4.78, 5) is 2.68. The molecule has 3 fully saturated rings. The Kier molecular flexibility index (Phi) is 3.34. The number of piperidine rings is 1. The molecule has 0 spiro atoms. The summed E-state index contributed by atoms with van der Waals surface area (Å²) in [6, 6.07) is 4.71. The Morgan fingerprint density at radius 3 is 2.44 bits per heavy atom. The van der Waals surface area contributed by atoms with Gasteiger partial charge in [0.15, 0.2) is 0 Å². The van der Waals surface area contributed by atoms with Gasteiger partial charge in [-0.05, 0) is 50.5 Å². The minimum absolute atomic E-state index is 0.370. The Balaban J connectivity index is 1.61.